The van der Waals surface area contributed by atoms with E-state index >= 15 is 0 Å². The van der Waals surface area contributed by atoms with E-state index in [-0.39, 0.29) is 30.1 Å². The van der Waals surface area contributed by atoms with Gasteiger partial charge >= 0.3 is 12.1 Å². The van der Waals surface area contributed by atoms with Crippen LogP contribution >= 0.6 is 12.4 Å². The highest BCUT2D eigenvalue weighted by molar-refractivity contribution is 5.95. The van der Waals surface area contributed by atoms with Crippen LogP contribution in [0.5, 0.6) is 5.75 Å². The maximum Gasteiger partial charge on any atom is 0.422 e. The van der Waals surface area contributed by atoms with E-state index in [0.717, 1.165) is 0 Å². The van der Waals surface area contributed by atoms with E-state index in [0.29, 0.717) is 5.56 Å². The van der Waals surface area contributed by atoms with Gasteiger partial charge in [-0.15, -0.1) is 12.4 Å². The first kappa shape index (κ1) is 20.0. The highest BCUT2D eigenvalue weighted by atomic mass is 35.5. The number of primary amides is 1. The summed E-state index contributed by atoms with van der Waals surface area (Å²) >= 11 is 0. The van der Waals surface area contributed by atoms with E-state index in [9.17, 15) is 27.9 Å². The van der Waals surface area contributed by atoms with Crippen molar-refractivity contribution in [3.8, 4) is 5.75 Å². The number of esters is 1. The molecule has 10 heteroatoms. The Morgan fingerprint density at radius 2 is 1.91 bits per heavy atom. The second kappa shape index (κ2) is 7.85. The molecule has 0 aromatic heterocycles. The summed E-state index contributed by atoms with van der Waals surface area (Å²) in [5.74, 6) is -2.46. The monoisotopic (exact) mass is 342 g/mol. The van der Waals surface area contributed by atoms with Gasteiger partial charge in [-0.3, -0.25) is 9.59 Å². The Balaban J connectivity index is 0.00000441. The Morgan fingerprint density at radius 1 is 1.32 bits per heavy atom. The molecule has 1 amide bonds. The van der Waals surface area contributed by atoms with Gasteiger partial charge in [-0.25, -0.2) is 0 Å². The lowest BCUT2D eigenvalue weighted by molar-refractivity contribution is -0.187. The minimum atomic E-state index is -4.63. The Bertz CT molecular complexity index is 552. The smallest absolute Gasteiger partial charge is 0.422 e. The van der Waals surface area contributed by atoms with Crippen molar-refractivity contribution in [3.63, 3.8) is 0 Å². The predicted octanol–water partition coefficient (Wildman–Crippen LogP) is 0.888. The third-order valence-corrected chi connectivity index (χ3v) is 2.46. The lowest BCUT2D eigenvalue weighted by Gasteiger charge is -2.13. The molecule has 0 saturated carbocycles. The topological polar surface area (TPSA) is 116 Å². The van der Waals surface area contributed by atoms with Crippen molar-refractivity contribution in [1.29, 1.82) is 0 Å². The summed E-state index contributed by atoms with van der Waals surface area (Å²) in [7, 11) is 0. The second-order valence-electron chi connectivity index (χ2n) is 4.25. The minimum absolute atomic E-state index is 0. The molecule has 0 radical (unpaired) electrons. The molecule has 0 saturated heterocycles. The van der Waals surface area contributed by atoms with Crippen LogP contribution in [0.4, 0.5) is 13.2 Å². The van der Waals surface area contributed by atoms with Crippen molar-refractivity contribution < 1.29 is 32.6 Å². The normalized spacial score (nSPS) is 12.2. The zero-order chi connectivity index (χ0) is 16.2. The number of aromatic hydroxyl groups is 1. The molecule has 1 aromatic carbocycles. The van der Waals surface area contributed by atoms with Gasteiger partial charge in [0.15, 0.2) is 6.61 Å². The number of carbonyl (C=O) groups is 2. The fraction of sp³-hybridized carbons (Fsp3) is 0.333. The lowest BCUT2D eigenvalue weighted by atomic mass is 10.0. The summed E-state index contributed by atoms with van der Waals surface area (Å²) < 4.78 is 39.7. The average Bonchev–Trinajstić information content (AvgIpc) is 2.36. The minimum Gasteiger partial charge on any atom is -0.507 e. The summed E-state index contributed by atoms with van der Waals surface area (Å²) in [6, 6.07) is 2.40. The molecule has 0 spiro atoms. The van der Waals surface area contributed by atoms with Gasteiger partial charge < -0.3 is 21.3 Å². The molecule has 0 aliphatic heterocycles. The first-order valence-corrected chi connectivity index (χ1v) is 5.71. The van der Waals surface area contributed by atoms with Gasteiger partial charge in [-0.2, -0.15) is 13.2 Å². The van der Waals surface area contributed by atoms with Crippen molar-refractivity contribution in [3.05, 3.63) is 29.3 Å². The molecule has 1 rings (SSSR count). The molecule has 6 nitrogen and oxygen atoms in total. The van der Waals surface area contributed by atoms with E-state index in [2.05, 4.69) is 4.74 Å². The molecule has 0 unspecified atom stereocenters. The molecular weight excluding hydrogens is 329 g/mol. The maximum atomic E-state index is 11.9. The Labute approximate surface area is 129 Å². The van der Waals surface area contributed by atoms with E-state index in [4.69, 9.17) is 11.5 Å². The van der Waals surface area contributed by atoms with Gasteiger partial charge in [-0.1, -0.05) is 6.07 Å². The number of hydrogen-bond acceptors (Lipinski definition) is 5. The SMILES string of the molecule is Cl.NC(=O)c1cc(C[C@H](N)C(=O)OCC(F)(F)F)ccc1O. The van der Waals surface area contributed by atoms with E-state index in [1.165, 1.54) is 18.2 Å². The highest BCUT2D eigenvalue weighted by Crippen LogP contribution is 2.19. The molecule has 22 heavy (non-hydrogen) atoms. The van der Waals surface area contributed by atoms with Crippen molar-refractivity contribution in [2.24, 2.45) is 11.5 Å². The average molecular weight is 343 g/mol. The molecule has 124 valence electrons. The molecule has 5 N–H and O–H groups in total. The van der Waals surface area contributed by atoms with Crippen LogP contribution in [0.2, 0.25) is 0 Å². The molecule has 0 fully saturated rings. The number of alkyl halides is 3. The first-order valence-electron chi connectivity index (χ1n) is 5.71. The summed E-state index contributed by atoms with van der Waals surface area (Å²) in [5.41, 5.74) is 10.6. The number of halogens is 4. The van der Waals surface area contributed by atoms with Crippen LogP contribution < -0.4 is 11.5 Å². The van der Waals surface area contributed by atoms with Crippen LogP contribution in [0.3, 0.4) is 0 Å². The third kappa shape index (κ3) is 6.19. The lowest BCUT2D eigenvalue weighted by Crippen LogP contribution is -2.36. The van der Waals surface area contributed by atoms with Crippen LogP contribution in [-0.4, -0.2) is 35.8 Å². The predicted molar refractivity (Wildman–Crippen MR) is 72.6 cm³/mol. The maximum absolute atomic E-state index is 11.9. The number of rotatable bonds is 5. The second-order valence-corrected chi connectivity index (χ2v) is 4.25. The third-order valence-electron chi connectivity index (χ3n) is 2.46. The van der Waals surface area contributed by atoms with Crippen LogP contribution in [-0.2, 0) is 16.0 Å². The van der Waals surface area contributed by atoms with Crippen molar-refractivity contribution in [2.75, 3.05) is 6.61 Å². The van der Waals surface area contributed by atoms with Crippen LogP contribution in [0.25, 0.3) is 0 Å². The van der Waals surface area contributed by atoms with Gasteiger partial charge in [0.2, 0.25) is 0 Å². The number of carbonyl (C=O) groups excluding carboxylic acids is 2. The molecule has 0 heterocycles. The van der Waals surface area contributed by atoms with E-state index in [1.54, 1.807) is 0 Å². The zero-order valence-electron chi connectivity index (χ0n) is 11.1. The molecule has 0 aliphatic carbocycles. The van der Waals surface area contributed by atoms with Crippen molar-refractivity contribution in [1.82, 2.24) is 0 Å². The van der Waals surface area contributed by atoms with E-state index < -0.39 is 30.7 Å². The Hall–Kier alpha value is -2.00. The molecule has 1 atom stereocenters. The van der Waals surface area contributed by atoms with Gasteiger partial charge in [0.05, 0.1) is 5.56 Å². The largest absolute Gasteiger partial charge is 0.507 e. The summed E-state index contributed by atoms with van der Waals surface area (Å²) in [6.07, 6.45) is -4.80. The number of phenols is 1. The van der Waals surface area contributed by atoms with Crippen LogP contribution in [0.15, 0.2) is 18.2 Å². The number of amides is 1. The Kier molecular flexibility index (Phi) is 7.14. The summed E-state index contributed by atoms with van der Waals surface area (Å²) in [6.45, 7) is -1.72. The standard InChI is InChI=1S/C12H13F3N2O4.ClH/c13-12(14,15)5-21-11(20)8(16)4-6-1-2-9(18)7(3-6)10(17)19;/h1-3,8,18H,4-5,16H2,(H2,17,19);1H/t8-;/m0./s1. The first-order chi connectivity index (χ1) is 9.60. The summed E-state index contributed by atoms with van der Waals surface area (Å²) in [4.78, 5) is 22.3. The van der Waals surface area contributed by atoms with E-state index in [1.807, 2.05) is 0 Å². The van der Waals surface area contributed by atoms with Crippen molar-refractivity contribution >= 4 is 24.3 Å². The van der Waals surface area contributed by atoms with Crippen molar-refractivity contribution in [2.45, 2.75) is 18.6 Å². The molecule has 0 bridgehead atoms. The fourth-order valence-corrected chi connectivity index (χ4v) is 1.50. The Morgan fingerprint density at radius 3 is 2.41 bits per heavy atom. The molecular formula is C12H14ClF3N2O4. The quantitative estimate of drug-likeness (QED) is 0.687. The zero-order valence-corrected chi connectivity index (χ0v) is 11.9. The molecule has 1 aromatic rings. The molecule has 0 aliphatic rings. The van der Waals surface area contributed by atoms with Crippen LogP contribution in [0.1, 0.15) is 15.9 Å². The van der Waals surface area contributed by atoms with Gasteiger partial charge in [0, 0.05) is 0 Å². The summed E-state index contributed by atoms with van der Waals surface area (Å²) in [5, 5.41) is 9.37. The van der Waals surface area contributed by atoms with Gasteiger partial charge in [0.25, 0.3) is 5.91 Å². The number of hydrogen-bond donors (Lipinski definition) is 3. The number of ether oxygens (including phenoxy) is 1. The number of nitrogens with two attached hydrogens (primary N) is 2. The fourth-order valence-electron chi connectivity index (χ4n) is 1.50. The highest BCUT2D eigenvalue weighted by Gasteiger charge is 2.30. The van der Waals surface area contributed by atoms with Gasteiger partial charge in [0.1, 0.15) is 11.8 Å². The number of benzene rings is 1. The van der Waals surface area contributed by atoms with Crippen LogP contribution in [0, 0.1) is 0 Å². The van der Waals surface area contributed by atoms with Gasteiger partial charge in [-0.05, 0) is 24.1 Å².